The number of hydrogen-bond acceptors (Lipinski definition) is 2. The molecule has 110 valence electrons. The van der Waals surface area contributed by atoms with Gasteiger partial charge in [0.1, 0.15) is 5.82 Å². The summed E-state index contributed by atoms with van der Waals surface area (Å²) in [6.07, 6.45) is 0. The van der Waals surface area contributed by atoms with E-state index in [0.29, 0.717) is 18.0 Å². The maximum atomic E-state index is 13.8. The van der Waals surface area contributed by atoms with Gasteiger partial charge in [-0.3, -0.25) is 4.79 Å². The van der Waals surface area contributed by atoms with Gasteiger partial charge in [-0.05, 0) is 23.6 Å². The van der Waals surface area contributed by atoms with E-state index in [9.17, 15) is 9.18 Å². The van der Waals surface area contributed by atoms with Crippen molar-refractivity contribution in [3.63, 3.8) is 0 Å². The molecule has 0 radical (unpaired) electrons. The molecule has 0 spiro atoms. The first-order valence-electron chi connectivity index (χ1n) is 6.92. The number of nitrogens with one attached hydrogen (secondary N) is 1. The summed E-state index contributed by atoms with van der Waals surface area (Å²) >= 11 is 0. The van der Waals surface area contributed by atoms with E-state index in [1.165, 1.54) is 11.6 Å². The van der Waals surface area contributed by atoms with Crippen molar-refractivity contribution < 1.29 is 9.18 Å². The number of amides is 1. The number of benzene rings is 2. The molecule has 4 heteroatoms. The summed E-state index contributed by atoms with van der Waals surface area (Å²) in [5.74, 6) is -0.684. The summed E-state index contributed by atoms with van der Waals surface area (Å²) in [6.45, 7) is 3.29. The Morgan fingerprint density at radius 3 is 2.57 bits per heavy atom. The Morgan fingerprint density at radius 1 is 1.24 bits per heavy atom. The molecule has 1 atom stereocenters. The predicted molar refractivity (Wildman–Crippen MR) is 81.5 cm³/mol. The van der Waals surface area contributed by atoms with E-state index >= 15 is 0 Å². The summed E-state index contributed by atoms with van der Waals surface area (Å²) in [6, 6.07) is 14.5. The topological polar surface area (TPSA) is 55.1 Å². The van der Waals surface area contributed by atoms with Gasteiger partial charge in [0.05, 0.1) is 0 Å². The molecular weight excluding hydrogens is 267 g/mol. The molecule has 2 rings (SSSR count). The van der Waals surface area contributed by atoms with Crippen LogP contribution in [-0.4, -0.2) is 12.5 Å². The van der Waals surface area contributed by atoms with Crippen LogP contribution in [0.1, 0.15) is 34.3 Å². The minimum atomic E-state index is -0.619. The van der Waals surface area contributed by atoms with Gasteiger partial charge in [-0.1, -0.05) is 43.3 Å². The summed E-state index contributed by atoms with van der Waals surface area (Å²) in [4.78, 5) is 11.0. The molecule has 0 saturated heterocycles. The molecule has 21 heavy (non-hydrogen) atoms. The van der Waals surface area contributed by atoms with Crippen LogP contribution in [0.4, 0.5) is 4.39 Å². The first kappa shape index (κ1) is 15.2. The largest absolute Gasteiger partial charge is 0.366 e. The molecule has 2 aromatic rings. The Labute approximate surface area is 124 Å². The number of hydrogen-bond donors (Lipinski definition) is 2. The third-order valence-corrected chi connectivity index (χ3v) is 3.47. The second kappa shape index (κ2) is 6.99. The molecule has 0 aromatic heterocycles. The maximum absolute atomic E-state index is 13.8. The number of primary amides is 1. The van der Waals surface area contributed by atoms with E-state index in [1.54, 1.807) is 12.1 Å². The Hall–Kier alpha value is -2.20. The van der Waals surface area contributed by atoms with Gasteiger partial charge < -0.3 is 11.1 Å². The zero-order valence-corrected chi connectivity index (χ0v) is 12.0. The molecular formula is C17H19FN2O. The Morgan fingerprint density at radius 2 is 1.95 bits per heavy atom. The molecule has 3 N–H and O–H groups in total. The van der Waals surface area contributed by atoms with Crippen molar-refractivity contribution in [2.45, 2.75) is 19.4 Å². The van der Waals surface area contributed by atoms with E-state index in [4.69, 9.17) is 5.73 Å². The minimum absolute atomic E-state index is 0.189. The average molecular weight is 286 g/mol. The highest BCUT2D eigenvalue weighted by molar-refractivity contribution is 5.92. The Bertz CT molecular complexity index is 613. The van der Waals surface area contributed by atoms with Crippen LogP contribution in [-0.2, 0) is 6.54 Å². The van der Waals surface area contributed by atoms with E-state index in [1.807, 2.05) is 18.2 Å². The lowest BCUT2D eigenvalue weighted by molar-refractivity contribution is 0.1000. The van der Waals surface area contributed by atoms with Crippen LogP contribution < -0.4 is 11.1 Å². The monoisotopic (exact) mass is 286 g/mol. The Balaban J connectivity index is 1.90. The lowest BCUT2D eigenvalue weighted by Gasteiger charge is -2.13. The second-order valence-electron chi connectivity index (χ2n) is 5.11. The summed E-state index contributed by atoms with van der Waals surface area (Å²) < 4.78 is 13.8. The number of carbonyl (C=O) groups is 1. The van der Waals surface area contributed by atoms with Crippen LogP contribution in [0.3, 0.4) is 0 Å². The van der Waals surface area contributed by atoms with Crippen molar-refractivity contribution >= 4 is 5.91 Å². The lowest BCUT2D eigenvalue weighted by atomic mass is 10.0. The van der Waals surface area contributed by atoms with Crippen molar-refractivity contribution in [3.8, 4) is 0 Å². The van der Waals surface area contributed by atoms with Gasteiger partial charge in [-0.15, -0.1) is 0 Å². The van der Waals surface area contributed by atoms with Crippen LogP contribution in [0.15, 0.2) is 48.5 Å². The van der Waals surface area contributed by atoms with Crippen molar-refractivity contribution in [1.82, 2.24) is 5.32 Å². The quantitative estimate of drug-likeness (QED) is 0.858. The minimum Gasteiger partial charge on any atom is -0.366 e. The predicted octanol–water partition coefficient (Wildman–Crippen LogP) is 2.82. The molecule has 0 bridgehead atoms. The summed E-state index contributed by atoms with van der Waals surface area (Å²) in [5.41, 5.74) is 7.08. The van der Waals surface area contributed by atoms with Crippen molar-refractivity contribution in [1.29, 1.82) is 0 Å². The highest BCUT2D eigenvalue weighted by Gasteiger charge is 2.08. The molecule has 0 aliphatic carbocycles. The van der Waals surface area contributed by atoms with Crippen molar-refractivity contribution in [2.24, 2.45) is 5.73 Å². The van der Waals surface area contributed by atoms with E-state index in [0.717, 1.165) is 6.54 Å². The molecule has 2 aromatic carbocycles. The summed E-state index contributed by atoms with van der Waals surface area (Å²) in [7, 11) is 0. The molecule has 3 nitrogen and oxygen atoms in total. The fraction of sp³-hybridized carbons (Fsp3) is 0.235. The zero-order valence-electron chi connectivity index (χ0n) is 12.0. The van der Waals surface area contributed by atoms with Crippen molar-refractivity contribution in [3.05, 3.63) is 71.0 Å². The van der Waals surface area contributed by atoms with Gasteiger partial charge in [0, 0.05) is 24.2 Å². The molecule has 1 unspecified atom stereocenters. The first-order chi connectivity index (χ1) is 10.1. The van der Waals surface area contributed by atoms with E-state index in [2.05, 4.69) is 24.4 Å². The zero-order chi connectivity index (χ0) is 15.2. The van der Waals surface area contributed by atoms with Gasteiger partial charge in [0.2, 0.25) is 5.91 Å². The molecule has 0 aliphatic heterocycles. The normalized spacial score (nSPS) is 12.1. The fourth-order valence-corrected chi connectivity index (χ4v) is 2.17. The van der Waals surface area contributed by atoms with E-state index < -0.39 is 11.7 Å². The highest BCUT2D eigenvalue weighted by Crippen LogP contribution is 2.14. The van der Waals surface area contributed by atoms with E-state index in [-0.39, 0.29) is 5.56 Å². The van der Waals surface area contributed by atoms with Gasteiger partial charge >= 0.3 is 0 Å². The van der Waals surface area contributed by atoms with Crippen LogP contribution in [0.5, 0.6) is 0 Å². The van der Waals surface area contributed by atoms with Gasteiger partial charge in [0.15, 0.2) is 0 Å². The van der Waals surface area contributed by atoms with Crippen LogP contribution in [0.25, 0.3) is 0 Å². The maximum Gasteiger partial charge on any atom is 0.248 e. The average Bonchev–Trinajstić information content (AvgIpc) is 2.49. The molecule has 0 aliphatic rings. The SMILES string of the molecule is CC(CNCc1ccc(C(N)=O)cc1F)c1ccccc1. The standard InChI is InChI=1S/C17H19FN2O/c1-12(13-5-3-2-4-6-13)10-20-11-15-8-7-14(17(19)21)9-16(15)18/h2-9,12,20H,10-11H2,1H3,(H2,19,21). The number of rotatable bonds is 6. The smallest absolute Gasteiger partial charge is 0.248 e. The fourth-order valence-electron chi connectivity index (χ4n) is 2.17. The number of carbonyl (C=O) groups excluding carboxylic acids is 1. The summed E-state index contributed by atoms with van der Waals surface area (Å²) in [5, 5.41) is 3.23. The second-order valence-corrected chi connectivity index (χ2v) is 5.11. The molecule has 0 saturated carbocycles. The highest BCUT2D eigenvalue weighted by atomic mass is 19.1. The Kier molecular flexibility index (Phi) is 5.06. The van der Waals surface area contributed by atoms with Gasteiger partial charge in [0.25, 0.3) is 0 Å². The third kappa shape index (κ3) is 4.13. The van der Waals surface area contributed by atoms with Crippen LogP contribution in [0, 0.1) is 5.82 Å². The number of halogens is 1. The first-order valence-corrected chi connectivity index (χ1v) is 6.92. The van der Waals surface area contributed by atoms with Crippen LogP contribution >= 0.6 is 0 Å². The molecule has 0 heterocycles. The lowest BCUT2D eigenvalue weighted by Crippen LogP contribution is -2.20. The van der Waals surface area contributed by atoms with Crippen molar-refractivity contribution in [2.75, 3.05) is 6.54 Å². The van der Waals surface area contributed by atoms with Gasteiger partial charge in [-0.2, -0.15) is 0 Å². The third-order valence-electron chi connectivity index (χ3n) is 3.47. The van der Waals surface area contributed by atoms with Gasteiger partial charge in [-0.25, -0.2) is 4.39 Å². The molecule has 1 amide bonds. The van der Waals surface area contributed by atoms with Crippen LogP contribution in [0.2, 0.25) is 0 Å². The molecule has 0 fully saturated rings. The number of nitrogens with two attached hydrogens (primary N) is 1.